The fourth-order valence-corrected chi connectivity index (χ4v) is 4.07. The minimum absolute atomic E-state index is 0. The molecule has 0 aliphatic heterocycles. The first-order valence-corrected chi connectivity index (χ1v) is 11.8. The lowest BCUT2D eigenvalue weighted by Crippen LogP contribution is -2.44. The number of guanidine groups is 1. The van der Waals surface area contributed by atoms with Crippen LogP contribution in [0.5, 0.6) is 0 Å². The van der Waals surface area contributed by atoms with Crippen molar-refractivity contribution in [2.75, 3.05) is 19.3 Å². The molecular weight excluding hydrogens is 483 g/mol. The summed E-state index contributed by atoms with van der Waals surface area (Å²) in [7, 11) is 0. The van der Waals surface area contributed by atoms with Crippen molar-refractivity contribution in [3.8, 4) is 0 Å². The summed E-state index contributed by atoms with van der Waals surface area (Å²) in [5.41, 5.74) is 0. The van der Waals surface area contributed by atoms with Crippen molar-refractivity contribution >= 4 is 41.7 Å². The van der Waals surface area contributed by atoms with Gasteiger partial charge >= 0.3 is 0 Å². The van der Waals surface area contributed by atoms with Crippen LogP contribution in [0.4, 0.5) is 0 Å². The first kappa shape index (κ1) is 25.5. The Kier molecular flexibility index (Phi) is 12.5. The fraction of sp³-hybridized carbons (Fsp3) is 0.850. The van der Waals surface area contributed by atoms with Gasteiger partial charge in [-0.05, 0) is 57.1 Å². The number of nitrogens with zero attached hydrogens (tertiary/aromatic N) is 4. The first-order chi connectivity index (χ1) is 13.0. The van der Waals surface area contributed by atoms with Gasteiger partial charge in [0.25, 0.3) is 0 Å². The molecule has 1 saturated carbocycles. The highest BCUT2D eigenvalue weighted by atomic mass is 127. The summed E-state index contributed by atoms with van der Waals surface area (Å²) in [6.07, 6.45) is 9.12. The molecule has 8 heteroatoms. The van der Waals surface area contributed by atoms with E-state index in [1.807, 2.05) is 0 Å². The molecule has 28 heavy (non-hydrogen) atoms. The molecule has 2 rings (SSSR count). The molecule has 1 heterocycles. The van der Waals surface area contributed by atoms with E-state index >= 15 is 0 Å². The van der Waals surface area contributed by atoms with Crippen molar-refractivity contribution in [3.05, 3.63) is 5.82 Å². The SMILES string of the molecule is CCNC(=NCCCc1nnc(SC)n1CC(C)C)NC1CCC(C)CC1.I. The quantitative estimate of drug-likeness (QED) is 0.166. The molecule has 0 bridgehead atoms. The lowest BCUT2D eigenvalue weighted by Gasteiger charge is -2.28. The number of rotatable bonds is 9. The van der Waals surface area contributed by atoms with Crippen LogP contribution in [0.25, 0.3) is 0 Å². The minimum atomic E-state index is 0. The van der Waals surface area contributed by atoms with Gasteiger partial charge in [0.2, 0.25) is 0 Å². The van der Waals surface area contributed by atoms with E-state index in [4.69, 9.17) is 4.99 Å². The molecule has 162 valence electrons. The Morgan fingerprint density at radius 3 is 2.57 bits per heavy atom. The summed E-state index contributed by atoms with van der Waals surface area (Å²) in [4.78, 5) is 4.79. The van der Waals surface area contributed by atoms with Gasteiger partial charge in [0, 0.05) is 32.1 Å². The maximum atomic E-state index is 4.79. The van der Waals surface area contributed by atoms with Crippen molar-refractivity contribution in [1.82, 2.24) is 25.4 Å². The van der Waals surface area contributed by atoms with Crippen LogP contribution in [0.3, 0.4) is 0 Å². The van der Waals surface area contributed by atoms with Gasteiger partial charge < -0.3 is 15.2 Å². The second kappa shape index (κ2) is 13.7. The van der Waals surface area contributed by atoms with Crippen LogP contribution in [-0.4, -0.2) is 46.1 Å². The molecule has 1 aliphatic rings. The van der Waals surface area contributed by atoms with Crippen molar-refractivity contribution in [1.29, 1.82) is 0 Å². The third-order valence-electron chi connectivity index (χ3n) is 5.05. The number of hydrogen-bond donors (Lipinski definition) is 2. The number of aliphatic imine (C=N–C) groups is 1. The normalized spacial score (nSPS) is 20.1. The molecule has 0 radical (unpaired) electrons. The molecule has 6 nitrogen and oxygen atoms in total. The van der Waals surface area contributed by atoms with Gasteiger partial charge in [-0.3, -0.25) is 4.99 Å². The van der Waals surface area contributed by atoms with E-state index in [-0.39, 0.29) is 24.0 Å². The van der Waals surface area contributed by atoms with E-state index in [2.05, 4.69) is 59.3 Å². The number of thioether (sulfide) groups is 1. The highest BCUT2D eigenvalue weighted by molar-refractivity contribution is 14.0. The minimum Gasteiger partial charge on any atom is -0.357 e. The molecule has 1 aromatic heterocycles. The average molecular weight is 523 g/mol. The second-order valence-corrected chi connectivity index (χ2v) is 8.85. The summed E-state index contributed by atoms with van der Waals surface area (Å²) in [6, 6.07) is 0.567. The van der Waals surface area contributed by atoms with Gasteiger partial charge in [-0.2, -0.15) is 0 Å². The van der Waals surface area contributed by atoms with Gasteiger partial charge in [-0.15, -0.1) is 34.2 Å². The Labute approximate surface area is 192 Å². The Morgan fingerprint density at radius 1 is 1.25 bits per heavy atom. The molecule has 0 unspecified atom stereocenters. The molecule has 0 atom stereocenters. The summed E-state index contributed by atoms with van der Waals surface area (Å²) < 4.78 is 2.27. The molecule has 0 spiro atoms. The van der Waals surface area contributed by atoms with Gasteiger partial charge in [0.15, 0.2) is 11.1 Å². The van der Waals surface area contributed by atoms with Crippen LogP contribution in [0.15, 0.2) is 10.1 Å². The topological polar surface area (TPSA) is 67.1 Å². The molecule has 0 amide bonds. The van der Waals surface area contributed by atoms with Crippen molar-refractivity contribution in [3.63, 3.8) is 0 Å². The lowest BCUT2D eigenvalue weighted by molar-refractivity contribution is 0.329. The zero-order valence-corrected chi connectivity index (χ0v) is 21.3. The van der Waals surface area contributed by atoms with E-state index < -0.39 is 0 Å². The summed E-state index contributed by atoms with van der Waals surface area (Å²) in [5, 5.41) is 16.8. The molecule has 0 saturated heterocycles. The smallest absolute Gasteiger partial charge is 0.191 e. The predicted molar refractivity (Wildman–Crippen MR) is 131 cm³/mol. The highest BCUT2D eigenvalue weighted by Crippen LogP contribution is 2.23. The number of halogens is 1. The fourth-order valence-electron chi connectivity index (χ4n) is 3.55. The maximum Gasteiger partial charge on any atom is 0.191 e. The lowest BCUT2D eigenvalue weighted by atomic mass is 9.87. The van der Waals surface area contributed by atoms with Crippen LogP contribution in [0.1, 0.15) is 65.6 Å². The number of hydrogen-bond acceptors (Lipinski definition) is 4. The third-order valence-corrected chi connectivity index (χ3v) is 5.72. The average Bonchev–Trinajstić information content (AvgIpc) is 3.01. The number of aryl methyl sites for hydroxylation is 1. The molecule has 2 N–H and O–H groups in total. The first-order valence-electron chi connectivity index (χ1n) is 10.5. The monoisotopic (exact) mass is 522 g/mol. The van der Waals surface area contributed by atoms with Crippen LogP contribution in [-0.2, 0) is 13.0 Å². The van der Waals surface area contributed by atoms with Crippen molar-refractivity contribution in [2.45, 2.75) is 84.0 Å². The Balaban J connectivity index is 0.00000392. The van der Waals surface area contributed by atoms with E-state index in [0.717, 1.165) is 55.3 Å². The number of aromatic nitrogens is 3. The van der Waals surface area contributed by atoms with E-state index in [1.54, 1.807) is 11.8 Å². The Morgan fingerprint density at radius 2 is 1.96 bits per heavy atom. The van der Waals surface area contributed by atoms with Crippen molar-refractivity contribution in [2.24, 2.45) is 16.8 Å². The predicted octanol–water partition coefficient (Wildman–Crippen LogP) is 4.34. The van der Waals surface area contributed by atoms with E-state index in [9.17, 15) is 0 Å². The van der Waals surface area contributed by atoms with E-state index in [1.165, 1.54) is 25.7 Å². The van der Waals surface area contributed by atoms with E-state index in [0.29, 0.717) is 12.0 Å². The third kappa shape index (κ3) is 8.47. The molecule has 0 aromatic carbocycles. The second-order valence-electron chi connectivity index (χ2n) is 8.07. The largest absolute Gasteiger partial charge is 0.357 e. The molecule has 1 fully saturated rings. The summed E-state index contributed by atoms with van der Waals surface area (Å²) >= 11 is 1.67. The summed E-state index contributed by atoms with van der Waals surface area (Å²) in [5.74, 6) is 3.51. The standard InChI is InChI=1S/C20H38N6S.HI/c1-6-21-19(23-17-11-9-16(4)10-12-17)22-13-7-8-18-24-25-20(27-5)26(18)14-15(2)3;/h15-17H,6-14H2,1-5H3,(H2,21,22,23);1H. The van der Waals surface area contributed by atoms with Crippen molar-refractivity contribution < 1.29 is 0 Å². The highest BCUT2D eigenvalue weighted by Gasteiger charge is 2.19. The van der Waals surface area contributed by atoms with Crippen LogP contribution in [0, 0.1) is 11.8 Å². The van der Waals surface area contributed by atoms with Gasteiger partial charge in [0.05, 0.1) is 0 Å². The zero-order valence-electron chi connectivity index (χ0n) is 18.2. The Hall–Kier alpha value is -0.510. The van der Waals surface area contributed by atoms with Crippen LogP contribution < -0.4 is 10.6 Å². The summed E-state index contributed by atoms with van der Waals surface area (Å²) in [6.45, 7) is 11.6. The van der Waals surface area contributed by atoms with Crippen LogP contribution in [0.2, 0.25) is 0 Å². The van der Waals surface area contributed by atoms with Gasteiger partial charge in [-0.1, -0.05) is 32.5 Å². The van der Waals surface area contributed by atoms with Crippen LogP contribution >= 0.6 is 35.7 Å². The maximum absolute atomic E-state index is 4.79. The molecule has 1 aromatic rings. The molecule has 1 aliphatic carbocycles. The number of nitrogens with one attached hydrogen (secondary N) is 2. The van der Waals surface area contributed by atoms with Gasteiger partial charge in [0.1, 0.15) is 5.82 Å². The molecular formula is C20H39IN6S. The zero-order chi connectivity index (χ0) is 19.6. The Bertz CT molecular complexity index is 581. The van der Waals surface area contributed by atoms with Gasteiger partial charge in [-0.25, -0.2) is 0 Å².